The van der Waals surface area contributed by atoms with Crippen LogP contribution in [0.15, 0.2) is 77.9 Å². The van der Waals surface area contributed by atoms with E-state index in [2.05, 4.69) is 37.0 Å². The second kappa shape index (κ2) is 12.7. The van der Waals surface area contributed by atoms with Gasteiger partial charge >= 0.3 is 5.97 Å². The summed E-state index contributed by atoms with van der Waals surface area (Å²) in [4.78, 5) is 30.6. The average molecular weight is 718 g/mol. The van der Waals surface area contributed by atoms with Gasteiger partial charge in [0.05, 0.1) is 30.3 Å². The molecule has 0 aliphatic heterocycles. The number of aromatic nitrogens is 2. The zero-order valence-corrected chi connectivity index (χ0v) is 26.6. The number of carbonyl (C=O) groups excluding carboxylic acids is 1. The highest BCUT2D eigenvalue weighted by atomic mass is 79.9. The van der Waals surface area contributed by atoms with Crippen LogP contribution in [0.5, 0.6) is 11.5 Å². The van der Waals surface area contributed by atoms with Crippen LogP contribution < -0.4 is 15.0 Å². The summed E-state index contributed by atoms with van der Waals surface area (Å²) < 4.78 is 25.2. The molecule has 2 heterocycles. The molecule has 3 aromatic carbocycles. The summed E-state index contributed by atoms with van der Waals surface area (Å²) in [6, 6.07) is 16.1. The number of hydrogen-bond donors (Lipinski definition) is 0. The highest BCUT2D eigenvalue weighted by Gasteiger charge is 2.24. The van der Waals surface area contributed by atoms with Crippen molar-refractivity contribution in [2.75, 3.05) is 13.2 Å². The predicted octanol–water partition coefficient (Wildman–Crippen LogP) is 7.60. The van der Waals surface area contributed by atoms with Crippen molar-refractivity contribution in [1.82, 2.24) is 9.66 Å². The molecule has 0 fully saturated rings. The van der Waals surface area contributed by atoms with Gasteiger partial charge in [0.15, 0.2) is 23.4 Å². The zero-order chi connectivity index (χ0) is 30.0. The average Bonchev–Trinajstić information content (AvgIpc) is 3.40. The first-order valence-corrected chi connectivity index (χ1v) is 14.9. The summed E-state index contributed by atoms with van der Waals surface area (Å²) >= 11 is 13.6. The maximum absolute atomic E-state index is 13.7. The van der Waals surface area contributed by atoms with Gasteiger partial charge in [0.25, 0.3) is 5.56 Å². The predicted molar refractivity (Wildman–Crippen MR) is 169 cm³/mol. The van der Waals surface area contributed by atoms with Crippen LogP contribution in [0.1, 0.15) is 26.3 Å². The van der Waals surface area contributed by atoms with Crippen LogP contribution in [0.4, 0.5) is 0 Å². The Hall–Kier alpha value is -3.67. The largest absolute Gasteiger partial charge is 0.490 e. The zero-order valence-electron chi connectivity index (χ0n) is 22.7. The number of carbonyl (C=O) groups is 1. The molecule has 2 aromatic heterocycles. The number of nitrogens with zero attached hydrogens (tertiary/aromatic N) is 3. The molecule has 0 spiro atoms. The quantitative estimate of drug-likeness (QED) is 0.114. The fraction of sp³-hybridized carbons (Fsp3) is 0.200. The van der Waals surface area contributed by atoms with Crippen LogP contribution in [-0.4, -0.2) is 41.2 Å². The number of rotatable bonds is 9. The fourth-order valence-corrected chi connectivity index (χ4v) is 5.21. The molecule has 216 valence electrons. The third kappa shape index (κ3) is 5.95. The van der Waals surface area contributed by atoms with Crippen molar-refractivity contribution in [3.8, 4) is 23.1 Å². The third-order valence-electron chi connectivity index (χ3n) is 6.13. The van der Waals surface area contributed by atoms with E-state index in [-0.39, 0.29) is 34.5 Å². The molecule has 0 radical (unpaired) electrons. The van der Waals surface area contributed by atoms with Gasteiger partial charge in [-0.2, -0.15) is 9.78 Å². The van der Waals surface area contributed by atoms with Crippen LogP contribution in [0, 0.1) is 0 Å². The first-order valence-electron chi connectivity index (χ1n) is 13.0. The molecule has 0 aliphatic rings. The number of para-hydroxylation sites is 1. The van der Waals surface area contributed by atoms with E-state index in [0.717, 1.165) is 9.86 Å². The molecule has 42 heavy (non-hydrogen) atoms. The number of fused-ring (bicyclic) bond motifs is 2. The summed E-state index contributed by atoms with van der Waals surface area (Å²) in [6.07, 6.45) is 0.528. The van der Waals surface area contributed by atoms with E-state index in [1.807, 2.05) is 24.3 Å². The van der Waals surface area contributed by atoms with E-state index >= 15 is 0 Å². The smallest absolute Gasteiger partial charge is 0.347 e. The highest BCUT2D eigenvalue weighted by molar-refractivity contribution is 9.10. The van der Waals surface area contributed by atoms with Crippen LogP contribution >= 0.6 is 43.5 Å². The van der Waals surface area contributed by atoms with Crippen LogP contribution in [0.2, 0.25) is 5.02 Å². The molecule has 5 aromatic rings. The Labute approximate surface area is 262 Å². The molecule has 0 saturated heterocycles. The van der Waals surface area contributed by atoms with Gasteiger partial charge in [-0.25, -0.2) is 9.78 Å². The van der Waals surface area contributed by atoms with E-state index < -0.39 is 12.1 Å². The van der Waals surface area contributed by atoms with Gasteiger partial charge in [-0.1, -0.05) is 39.7 Å². The third-order valence-corrected chi connectivity index (χ3v) is 8.07. The Kier molecular flexibility index (Phi) is 9.00. The Morgan fingerprint density at radius 2 is 1.93 bits per heavy atom. The number of benzene rings is 3. The molecule has 0 unspecified atom stereocenters. The Morgan fingerprint density at radius 3 is 2.69 bits per heavy atom. The Morgan fingerprint density at radius 1 is 1.14 bits per heavy atom. The summed E-state index contributed by atoms with van der Waals surface area (Å²) in [5.74, 6) is 0.508. The van der Waals surface area contributed by atoms with Crippen LogP contribution in [0.25, 0.3) is 33.5 Å². The minimum Gasteiger partial charge on any atom is -0.490 e. The molecule has 0 amide bonds. The van der Waals surface area contributed by atoms with E-state index in [1.54, 1.807) is 51.1 Å². The SMILES string of the molecule is CCOC(=O)[C@H](C)Oc1c(OCC)cc(C=Nn2c(-c3cc4cc(Br)ccc4o3)nc3ccccc3c2=O)c(Br)c1Cl. The van der Waals surface area contributed by atoms with Crippen molar-refractivity contribution in [3.05, 3.63) is 84.5 Å². The lowest BCUT2D eigenvalue weighted by molar-refractivity contribution is -0.150. The summed E-state index contributed by atoms with van der Waals surface area (Å²) in [5, 5.41) is 5.91. The molecule has 0 bridgehead atoms. The molecule has 5 rings (SSSR count). The number of hydrogen-bond acceptors (Lipinski definition) is 8. The van der Waals surface area contributed by atoms with Gasteiger partial charge in [-0.3, -0.25) is 4.79 Å². The van der Waals surface area contributed by atoms with Gasteiger partial charge in [0.1, 0.15) is 10.6 Å². The lowest BCUT2D eigenvalue weighted by atomic mass is 10.2. The van der Waals surface area contributed by atoms with Crippen molar-refractivity contribution < 1.29 is 23.4 Å². The van der Waals surface area contributed by atoms with Gasteiger partial charge in [-0.05, 0) is 79.2 Å². The molecule has 0 N–H and O–H groups in total. The lowest BCUT2D eigenvalue weighted by Gasteiger charge is -2.19. The first-order chi connectivity index (χ1) is 20.2. The number of esters is 1. The topological polar surface area (TPSA) is 105 Å². The van der Waals surface area contributed by atoms with E-state index in [9.17, 15) is 9.59 Å². The standard InChI is InChI=1S/C30H24Br2ClN3O6/c1-4-39-23-14-18(25(32)26(33)27(23)41-16(3)30(38)40-5-2)15-34-36-28(35-21-9-7-6-8-20(21)29(36)37)24-13-17-12-19(31)10-11-22(17)42-24/h6-16H,4-5H2,1-3H3/t16-/m0/s1. The van der Waals surface area contributed by atoms with E-state index in [0.29, 0.717) is 38.9 Å². The maximum atomic E-state index is 13.7. The Bertz CT molecular complexity index is 1900. The van der Waals surface area contributed by atoms with Crippen molar-refractivity contribution in [1.29, 1.82) is 0 Å². The molecule has 1 atom stereocenters. The lowest BCUT2D eigenvalue weighted by Crippen LogP contribution is -2.26. The number of halogens is 3. The highest BCUT2D eigenvalue weighted by Crippen LogP contribution is 2.43. The minimum absolute atomic E-state index is 0.158. The molecule has 0 saturated carbocycles. The monoisotopic (exact) mass is 715 g/mol. The summed E-state index contributed by atoms with van der Waals surface area (Å²) in [5.41, 5.74) is 1.24. The van der Waals surface area contributed by atoms with Crippen molar-refractivity contribution in [2.24, 2.45) is 5.10 Å². The van der Waals surface area contributed by atoms with Crippen LogP contribution in [0.3, 0.4) is 0 Å². The van der Waals surface area contributed by atoms with Crippen molar-refractivity contribution in [3.63, 3.8) is 0 Å². The minimum atomic E-state index is -0.928. The molecular weight excluding hydrogens is 694 g/mol. The van der Waals surface area contributed by atoms with Gasteiger partial charge in [0.2, 0.25) is 5.82 Å². The molecular formula is C30H24Br2ClN3O6. The Balaban J connectivity index is 1.63. The fourth-order valence-electron chi connectivity index (χ4n) is 4.19. The van der Waals surface area contributed by atoms with Gasteiger partial charge in [-0.15, -0.1) is 0 Å². The first kappa shape index (κ1) is 29.8. The second-order valence-corrected chi connectivity index (χ2v) is 11.1. The number of furan rings is 1. The molecule has 12 heteroatoms. The molecule has 9 nitrogen and oxygen atoms in total. The molecule has 0 aliphatic carbocycles. The maximum Gasteiger partial charge on any atom is 0.347 e. The van der Waals surface area contributed by atoms with Crippen LogP contribution in [-0.2, 0) is 9.53 Å². The summed E-state index contributed by atoms with van der Waals surface area (Å²) in [7, 11) is 0. The van der Waals surface area contributed by atoms with E-state index in [1.165, 1.54) is 10.9 Å². The van der Waals surface area contributed by atoms with Crippen molar-refractivity contribution >= 4 is 77.5 Å². The second-order valence-electron chi connectivity index (χ2n) is 8.97. The van der Waals surface area contributed by atoms with Crippen molar-refractivity contribution in [2.45, 2.75) is 26.9 Å². The number of ether oxygens (including phenoxy) is 3. The van der Waals surface area contributed by atoms with E-state index in [4.69, 9.17) is 35.2 Å². The summed E-state index contributed by atoms with van der Waals surface area (Å²) in [6.45, 7) is 5.60. The van der Waals surface area contributed by atoms with Gasteiger partial charge < -0.3 is 18.6 Å². The normalized spacial score (nSPS) is 12.2. The van der Waals surface area contributed by atoms with Gasteiger partial charge in [0, 0.05) is 19.9 Å².